The molecule has 128 valence electrons. The second-order valence-electron chi connectivity index (χ2n) is 5.48. The highest BCUT2D eigenvalue weighted by Gasteiger charge is 2.17. The minimum absolute atomic E-state index is 0.223. The molecule has 0 aliphatic carbocycles. The van der Waals surface area contributed by atoms with Crippen LogP contribution in [0.25, 0.3) is 10.9 Å². The monoisotopic (exact) mass is 335 g/mol. The van der Waals surface area contributed by atoms with Gasteiger partial charge in [0.05, 0.1) is 5.92 Å². The molecule has 0 bridgehead atoms. The summed E-state index contributed by atoms with van der Waals surface area (Å²) in [4.78, 5) is 32.7. The van der Waals surface area contributed by atoms with E-state index in [2.05, 4.69) is 0 Å². The van der Waals surface area contributed by atoms with Crippen LogP contribution >= 0.6 is 0 Å². The molecule has 2 rings (SSSR count). The lowest BCUT2D eigenvalue weighted by atomic mass is 10.0. The molecule has 0 aliphatic rings. The van der Waals surface area contributed by atoms with E-state index in [1.54, 1.807) is 31.3 Å². The molecule has 0 radical (unpaired) electrons. The number of carboxylic acids is 3. The molecule has 1 heterocycles. The summed E-state index contributed by atoms with van der Waals surface area (Å²) in [6.45, 7) is 0.808. The number of hydrogen-bond donors (Lipinski definition) is 3. The maximum absolute atomic E-state index is 11.1. The first-order valence-corrected chi connectivity index (χ1v) is 7.19. The molecule has 8 heteroatoms. The summed E-state index contributed by atoms with van der Waals surface area (Å²) in [5, 5.41) is 27.4. The molecular formula is C16H17NO7. The normalized spacial score (nSPS) is 12.0. The van der Waals surface area contributed by atoms with E-state index in [0.717, 1.165) is 0 Å². The highest BCUT2D eigenvalue weighted by Crippen LogP contribution is 2.28. The zero-order valence-corrected chi connectivity index (χ0v) is 12.9. The summed E-state index contributed by atoms with van der Waals surface area (Å²) >= 11 is 0. The number of hydrogen-bond acceptors (Lipinski definition) is 4. The van der Waals surface area contributed by atoms with E-state index in [1.165, 1.54) is 4.57 Å². The maximum atomic E-state index is 11.1. The van der Waals surface area contributed by atoms with Crippen molar-refractivity contribution in [3.05, 3.63) is 30.0 Å². The predicted octanol–water partition coefficient (Wildman–Crippen LogP) is 1.45. The van der Waals surface area contributed by atoms with Crippen molar-refractivity contribution < 1.29 is 34.4 Å². The second-order valence-corrected chi connectivity index (χ2v) is 5.48. The fourth-order valence-electron chi connectivity index (χ4n) is 2.44. The fourth-order valence-corrected chi connectivity index (χ4v) is 2.44. The molecule has 8 nitrogen and oxygen atoms in total. The smallest absolute Gasteiger partial charge is 0.341 e. The van der Waals surface area contributed by atoms with Gasteiger partial charge < -0.3 is 24.6 Å². The van der Waals surface area contributed by atoms with Gasteiger partial charge in [0.1, 0.15) is 12.3 Å². The third kappa shape index (κ3) is 4.03. The summed E-state index contributed by atoms with van der Waals surface area (Å²) in [5.41, 5.74) is 1.29. The first-order chi connectivity index (χ1) is 11.3. The quantitative estimate of drug-likeness (QED) is 0.666. The van der Waals surface area contributed by atoms with E-state index in [-0.39, 0.29) is 13.0 Å². The number of carboxylic acid groups (broad SMARTS) is 3. The molecule has 0 saturated heterocycles. The fraction of sp³-hybridized carbons (Fsp3) is 0.312. The van der Waals surface area contributed by atoms with Gasteiger partial charge in [-0.25, -0.2) is 4.79 Å². The molecule has 0 spiro atoms. The number of rotatable bonds is 8. The SMILES string of the molecule is C[C@@H](Cc1cn(CC(=O)O)c2ccc(OCC(=O)O)cc12)C(=O)O. The Labute approximate surface area is 136 Å². The molecule has 0 aliphatic heterocycles. The van der Waals surface area contributed by atoms with Crippen LogP contribution in [0.15, 0.2) is 24.4 Å². The standard InChI is InChI=1S/C16H17NO7/c1-9(16(22)23)4-10-6-17(7-14(18)19)13-3-2-11(5-12(10)13)24-8-15(20)21/h2-3,5-6,9H,4,7-8H2,1H3,(H,18,19)(H,20,21)(H,22,23)/t9-/m0/s1. The Balaban J connectivity index is 2.44. The Morgan fingerprint density at radius 1 is 1.17 bits per heavy atom. The predicted molar refractivity (Wildman–Crippen MR) is 83.2 cm³/mol. The van der Waals surface area contributed by atoms with Gasteiger partial charge in [0, 0.05) is 17.1 Å². The second kappa shape index (κ2) is 7.03. The molecule has 1 aromatic heterocycles. The minimum atomic E-state index is -1.11. The van der Waals surface area contributed by atoms with Gasteiger partial charge in [-0.3, -0.25) is 9.59 Å². The topological polar surface area (TPSA) is 126 Å². The van der Waals surface area contributed by atoms with Gasteiger partial charge in [-0.05, 0) is 30.2 Å². The molecular weight excluding hydrogens is 318 g/mol. The van der Waals surface area contributed by atoms with Crippen LogP contribution < -0.4 is 4.74 Å². The molecule has 0 fully saturated rings. The Kier molecular flexibility index (Phi) is 5.08. The molecule has 3 N–H and O–H groups in total. The molecule has 1 atom stereocenters. The first-order valence-electron chi connectivity index (χ1n) is 7.19. The lowest BCUT2D eigenvalue weighted by molar-refractivity contribution is -0.141. The van der Waals surface area contributed by atoms with E-state index in [0.29, 0.717) is 22.2 Å². The largest absolute Gasteiger partial charge is 0.482 e. The van der Waals surface area contributed by atoms with Crippen LogP contribution in [-0.4, -0.2) is 44.4 Å². The minimum Gasteiger partial charge on any atom is -0.482 e. The van der Waals surface area contributed by atoms with Crippen LogP contribution in [0.3, 0.4) is 0 Å². The van der Waals surface area contributed by atoms with Gasteiger partial charge in [-0.15, -0.1) is 0 Å². The van der Waals surface area contributed by atoms with Crippen LogP contribution in [0.1, 0.15) is 12.5 Å². The van der Waals surface area contributed by atoms with Crippen molar-refractivity contribution in [2.24, 2.45) is 5.92 Å². The Bertz CT molecular complexity index is 793. The van der Waals surface area contributed by atoms with E-state index in [9.17, 15) is 14.4 Å². The number of aliphatic carboxylic acids is 3. The zero-order valence-electron chi connectivity index (χ0n) is 12.9. The molecule has 0 saturated carbocycles. The van der Waals surface area contributed by atoms with Crippen LogP contribution in [0.2, 0.25) is 0 Å². The zero-order chi connectivity index (χ0) is 17.9. The van der Waals surface area contributed by atoms with Crippen LogP contribution in [0.5, 0.6) is 5.75 Å². The highest BCUT2D eigenvalue weighted by atomic mass is 16.5. The Morgan fingerprint density at radius 3 is 2.46 bits per heavy atom. The van der Waals surface area contributed by atoms with Crippen LogP contribution in [0.4, 0.5) is 0 Å². The van der Waals surface area contributed by atoms with Crippen LogP contribution in [0, 0.1) is 5.92 Å². The number of aromatic nitrogens is 1. The number of fused-ring (bicyclic) bond motifs is 1. The summed E-state index contributed by atoms with van der Waals surface area (Å²) in [7, 11) is 0. The number of nitrogens with zero attached hydrogens (tertiary/aromatic N) is 1. The van der Waals surface area contributed by atoms with E-state index < -0.39 is 30.4 Å². The molecule has 1 aromatic carbocycles. The van der Waals surface area contributed by atoms with Crippen LogP contribution in [-0.2, 0) is 27.3 Å². The van der Waals surface area contributed by atoms with Crippen molar-refractivity contribution in [3.63, 3.8) is 0 Å². The van der Waals surface area contributed by atoms with Crippen molar-refractivity contribution >= 4 is 28.8 Å². The molecule has 2 aromatic rings. The van der Waals surface area contributed by atoms with E-state index >= 15 is 0 Å². The third-order valence-corrected chi connectivity index (χ3v) is 3.55. The Morgan fingerprint density at radius 2 is 1.88 bits per heavy atom. The number of benzene rings is 1. The van der Waals surface area contributed by atoms with Gasteiger partial charge in [0.2, 0.25) is 0 Å². The van der Waals surface area contributed by atoms with Crippen molar-refractivity contribution in [1.82, 2.24) is 4.57 Å². The van der Waals surface area contributed by atoms with Crippen molar-refractivity contribution in [3.8, 4) is 5.75 Å². The number of ether oxygens (including phenoxy) is 1. The molecule has 0 unspecified atom stereocenters. The molecule has 0 amide bonds. The number of carbonyl (C=O) groups is 3. The van der Waals surface area contributed by atoms with Crippen molar-refractivity contribution in [2.45, 2.75) is 19.9 Å². The van der Waals surface area contributed by atoms with Crippen molar-refractivity contribution in [2.75, 3.05) is 6.61 Å². The third-order valence-electron chi connectivity index (χ3n) is 3.55. The lowest BCUT2D eigenvalue weighted by Crippen LogP contribution is -2.12. The van der Waals surface area contributed by atoms with Gasteiger partial charge >= 0.3 is 17.9 Å². The van der Waals surface area contributed by atoms with E-state index in [4.69, 9.17) is 20.1 Å². The summed E-state index contributed by atoms with van der Waals surface area (Å²) in [5.74, 6) is -3.40. The summed E-state index contributed by atoms with van der Waals surface area (Å²) < 4.78 is 6.65. The van der Waals surface area contributed by atoms with Gasteiger partial charge in [0.25, 0.3) is 0 Å². The van der Waals surface area contributed by atoms with Gasteiger partial charge in [-0.2, -0.15) is 0 Å². The van der Waals surface area contributed by atoms with Crippen molar-refractivity contribution in [1.29, 1.82) is 0 Å². The average molecular weight is 335 g/mol. The summed E-state index contributed by atoms with van der Waals surface area (Å²) in [6, 6.07) is 4.78. The van der Waals surface area contributed by atoms with Gasteiger partial charge in [0.15, 0.2) is 6.61 Å². The average Bonchev–Trinajstić information content (AvgIpc) is 2.81. The highest BCUT2D eigenvalue weighted by molar-refractivity contribution is 5.87. The maximum Gasteiger partial charge on any atom is 0.341 e. The first kappa shape index (κ1) is 17.3. The Hall–Kier alpha value is -3.03. The van der Waals surface area contributed by atoms with Gasteiger partial charge in [-0.1, -0.05) is 6.92 Å². The lowest BCUT2D eigenvalue weighted by Gasteiger charge is -2.06. The summed E-state index contributed by atoms with van der Waals surface area (Å²) in [6.07, 6.45) is 1.83. The van der Waals surface area contributed by atoms with E-state index in [1.807, 2.05) is 0 Å². The molecule has 24 heavy (non-hydrogen) atoms.